The molecule has 1 amide bonds. The van der Waals surface area contributed by atoms with Gasteiger partial charge >= 0.3 is 0 Å². The number of aromatic amines is 1. The maximum absolute atomic E-state index is 13.2. The first-order valence-electron chi connectivity index (χ1n) is 12.3. The number of benzene rings is 1. The van der Waals surface area contributed by atoms with E-state index in [0.29, 0.717) is 18.7 Å². The molecule has 2 aliphatic heterocycles. The minimum absolute atomic E-state index is 0.256. The topological polar surface area (TPSA) is 94.1 Å². The average Bonchev–Trinajstić information content (AvgIpc) is 3.57. The van der Waals surface area contributed by atoms with Gasteiger partial charge in [-0.15, -0.1) is 0 Å². The summed E-state index contributed by atoms with van der Waals surface area (Å²) in [5, 5.41) is 15.5. The van der Waals surface area contributed by atoms with Crippen molar-refractivity contribution < 1.29 is 9.90 Å². The normalized spacial score (nSPS) is 18.6. The third-order valence-electron chi connectivity index (χ3n) is 7.45. The second kappa shape index (κ2) is 8.91. The molecule has 0 radical (unpaired) electrons. The standard InChI is InChI=1S/C28H29N5O2/c1-17-14-31-27-22(17)13-21(15-32-27)20-11-19-6-10-33(28(35)26(34)18-4-8-29-9-5-18)16-24(19)23(12-20)25-3-2-7-30-25/h4-5,8-9,11-15,25-26,30,34H,2-3,6-7,10,16H2,1H3,(H,31,32)/t25-,26?/m0/s1. The number of carbonyl (C=O) groups excluding carboxylic acids is 1. The Morgan fingerprint density at radius 2 is 2.06 bits per heavy atom. The molecule has 178 valence electrons. The molecule has 0 saturated carbocycles. The minimum atomic E-state index is -1.17. The average molecular weight is 468 g/mol. The van der Waals surface area contributed by atoms with Crippen LogP contribution >= 0.6 is 0 Å². The number of nitrogens with one attached hydrogen (secondary N) is 2. The molecule has 0 bridgehead atoms. The number of fused-ring (bicyclic) bond motifs is 2. The predicted octanol–water partition coefficient (Wildman–Crippen LogP) is 3.98. The molecule has 7 nitrogen and oxygen atoms in total. The van der Waals surface area contributed by atoms with Gasteiger partial charge in [-0.1, -0.05) is 6.07 Å². The number of pyridine rings is 2. The van der Waals surface area contributed by atoms with Crippen molar-refractivity contribution >= 4 is 16.9 Å². The Kier molecular flexibility index (Phi) is 5.59. The number of rotatable bonds is 4. The van der Waals surface area contributed by atoms with Gasteiger partial charge in [0.05, 0.1) is 0 Å². The fraction of sp³-hybridized carbons (Fsp3) is 0.321. The molecule has 1 fully saturated rings. The number of hydrogen-bond acceptors (Lipinski definition) is 5. The van der Waals surface area contributed by atoms with E-state index >= 15 is 0 Å². The van der Waals surface area contributed by atoms with Gasteiger partial charge in [0.25, 0.3) is 5.91 Å². The van der Waals surface area contributed by atoms with Gasteiger partial charge in [-0.3, -0.25) is 9.78 Å². The van der Waals surface area contributed by atoms with Crippen LogP contribution in [0, 0.1) is 6.92 Å². The first-order valence-corrected chi connectivity index (χ1v) is 12.3. The summed E-state index contributed by atoms with van der Waals surface area (Å²) in [5.41, 5.74) is 8.69. The van der Waals surface area contributed by atoms with E-state index in [4.69, 9.17) is 0 Å². The van der Waals surface area contributed by atoms with Crippen LogP contribution in [0.1, 0.15) is 52.8 Å². The van der Waals surface area contributed by atoms with Crippen molar-refractivity contribution in [3.05, 3.63) is 82.9 Å². The lowest BCUT2D eigenvalue weighted by Gasteiger charge is -2.33. The van der Waals surface area contributed by atoms with Crippen LogP contribution in [0.2, 0.25) is 0 Å². The number of hydrogen-bond donors (Lipinski definition) is 3. The van der Waals surface area contributed by atoms with E-state index in [1.807, 2.05) is 12.4 Å². The monoisotopic (exact) mass is 467 g/mol. The Morgan fingerprint density at radius 1 is 1.20 bits per heavy atom. The zero-order chi connectivity index (χ0) is 23.9. The smallest absolute Gasteiger partial charge is 0.256 e. The second-order valence-corrected chi connectivity index (χ2v) is 9.64. The van der Waals surface area contributed by atoms with Crippen LogP contribution in [0.3, 0.4) is 0 Å². The van der Waals surface area contributed by atoms with Crippen LogP contribution in [0.4, 0.5) is 0 Å². The Morgan fingerprint density at radius 3 is 2.86 bits per heavy atom. The maximum Gasteiger partial charge on any atom is 0.256 e. The van der Waals surface area contributed by atoms with Gasteiger partial charge in [0, 0.05) is 54.9 Å². The number of aryl methyl sites for hydroxylation is 1. The van der Waals surface area contributed by atoms with Gasteiger partial charge in [0.1, 0.15) is 5.65 Å². The van der Waals surface area contributed by atoms with Gasteiger partial charge in [-0.05, 0) is 90.4 Å². The van der Waals surface area contributed by atoms with Crippen molar-refractivity contribution in [2.75, 3.05) is 13.1 Å². The van der Waals surface area contributed by atoms with E-state index in [0.717, 1.165) is 42.4 Å². The molecule has 4 aromatic rings. The van der Waals surface area contributed by atoms with Gasteiger partial charge in [0.15, 0.2) is 6.10 Å². The summed E-state index contributed by atoms with van der Waals surface area (Å²) in [4.78, 5) is 26.8. The SMILES string of the molecule is Cc1c[nH]c2ncc(-c3cc4c(c([C@@H]5CCCN5)c3)CN(C(=O)C(O)c3ccncc3)CC4)cc12. The summed E-state index contributed by atoms with van der Waals surface area (Å²) in [6, 6.07) is 10.4. The van der Waals surface area contributed by atoms with E-state index in [1.165, 1.54) is 27.8 Å². The van der Waals surface area contributed by atoms with E-state index in [1.54, 1.807) is 29.4 Å². The number of H-pyrrole nitrogens is 1. The zero-order valence-electron chi connectivity index (χ0n) is 19.8. The summed E-state index contributed by atoms with van der Waals surface area (Å²) in [6.45, 7) is 4.20. The zero-order valence-corrected chi connectivity index (χ0v) is 19.8. The molecule has 5 heterocycles. The summed E-state index contributed by atoms with van der Waals surface area (Å²) >= 11 is 0. The summed E-state index contributed by atoms with van der Waals surface area (Å²) in [7, 11) is 0. The lowest BCUT2D eigenvalue weighted by molar-refractivity contribution is -0.141. The molecule has 3 N–H and O–H groups in total. The summed E-state index contributed by atoms with van der Waals surface area (Å²) < 4.78 is 0. The first kappa shape index (κ1) is 21.9. The van der Waals surface area contributed by atoms with Crippen LogP contribution in [0.5, 0.6) is 0 Å². The molecular weight excluding hydrogens is 438 g/mol. The highest BCUT2D eigenvalue weighted by Gasteiger charge is 2.30. The molecule has 0 spiro atoms. The number of aliphatic hydroxyl groups is 1. The van der Waals surface area contributed by atoms with Crippen molar-refractivity contribution in [1.29, 1.82) is 0 Å². The number of nitrogens with zero attached hydrogens (tertiary/aromatic N) is 3. The maximum atomic E-state index is 13.2. The van der Waals surface area contributed by atoms with Gasteiger partial charge in [-0.25, -0.2) is 4.98 Å². The molecule has 35 heavy (non-hydrogen) atoms. The Hall–Kier alpha value is -3.55. The molecular formula is C28H29N5O2. The third-order valence-corrected chi connectivity index (χ3v) is 7.45. The van der Waals surface area contributed by atoms with Gasteiger partial charge < -0.3 is 20.3 Å². The van der Waals surface area contributed by atoms with Crippen LogP contribution in [-0.4, -0.2) is 44.0 Å². The molecule has 0 aliphatic carbocycles. The number of aromatic nitrogens is 3. The first-order chi connectivity index (χ1) is 17.1. The molecule has 1 aromatic carbocycles. The lowest BCUT2D eigenvalue weighted by Crippen LogP contribution is -2.39. The minimum Gasteiger partial charge on any atom is -0.378 e. The predicted molar refractivity (Wildman–Crippen MR) is 135 cm³/mol. The Labute approximate surface area is 204 Å². The van der Waals surface area contributed by atoms with Crippen LogP contribution in [-0.2, 0) is 17.8 Å². The van der Waals surface area contributed by atoms with Crippen LogP contribution in [0.15, 0.2) is 55.1 Å². The summed E-state index contributed by atoms with van der Waals surface area (Å²) in [6.07, 6.45) is 8.95. The van der Waals surface area contributed by atoms with Crippen molar-refractivity contribution in [3.8, 4) is 11.1 Å². The molecule has 6 rings (SSSR count). The van der Waals surface area contributed by atoms with Crippen molar-refractivity contribution in [3.63, 3.8) is 0 Å². The molecule has 2 atom stereocenters. The lowest BCUT2D eigenvalue weighted by atomic mass is 9.87. The fourth-order valence-electron chi connectivity index (χ4n) is 5.47. The van der Waals surface area contributed by atoms with Crippen LogP contribution in [0.25, 0.3) is 22.2 Å². The quantitative estimate of drug-likeness (QED) is 0.422. The van der Waals surface area contributed by atoms with E-state index in [2.05, 4.69) is 45.4 Å². The van der Waals surface area contributed by atoms with Crippen molar-refractivity contribution in [1.82, 2.24) is 25.2 Å². The van der Waals surface area contributed by atoms with Crippen LogP contribution < -0.4 is 5.32 Å². The molecule has 3 aromatic heterocycles. The number of amides is 1. The highest BCUT2D eigenvalue weighted by atomic mass is 16.3. The highest BCUT2D eigenvalue weighted by Crippen LogP contribution is 2.36. The summed E-state index contributed by atoms with van der Waals surface area (Å²) in [5.74, 6) is -0.256. The molecule has 1 saturated heterocycles. The third kappa shape index (κ3) is 4.00. The van der Waals surface area contributed by atoms with Gasteiger partial charge in [-0.2, -0.15) is 0 Å². The van der Waals surface area contributed by atoms with Crippen molar-refractivity contribution in [2.45, 2.75) is 44.9 Å². The molecule has 7 heteroatoms. The highest BCUT2D eigenvalue weighted by molar-refractivity contribution is 5.85. The molecule has 2 aliphatic rings. The van der Waals surface area contributed by atoms with E-state index < -0.39 is 6.10 Å². The second-order valence-electron chi connectivity index (χ2n) is 9.64. The van der Waals surface area contributed by atoms with Gasteiger partial charge in [0.2, 0.25) is 0 Å². The fourth-order valence-corrected chi connectivity index (χ4v) is 5.47. The Balaban J connectivity index is 1.36. The number of aliphatic hydroxyl groups excluding tert-OH is 1. The van der Waals surface area contributed by atoms with E-state index in [-0.39, 0.29) is 11.9 Å². The number of carbonyl (C=O) groups is 1. The van der Waals surface area contributed by atoms with E-state index in [9.17, 15) is 9.90 Å². The van der Waals surface area contributed by atoms with Crippen molar-refractivity contribution in [2.24, 2.45) is 0 Å². The molecule has 1 unspecified atom stereocenters. The largest absolute Gasteiger partial charge is 0.378 e. The Bertz CT molecular complexity index is 1390.